The highest BCUT2D eigenvalue weighted by Crippen LogP contribution is 2.40. The summed E-state index contributed by atoms with van der Waals surface area (Å²) in [4.78, 5) is 2.19. The lowest BCUT2D eigenvalue weighted by Crippen LogP contribution is -2.51. The van der Waals surface area contributed by atoms with Crippen molar-refractivity contribution in [3.8, 4) is 0 Å². The highest BCUT2D eigenvalue weighted by Gasteiger charge is 2.43. The van der Waals surface area contributed by atoms with Gasteiger partial charge in [0.1, 0.15) is 0 Å². The van der Waals surface area contributed by atoms with E-state index in [4.69, 9.17) is 0 Å². The van der Waals surface area contributed by atoms with Gasteiger partial charge in [-0.2, -0.15) is 0 Å². The van der Waals surface area contributed by atoms with E-state index in [9.17, 15) is 10.2 Å². The molecule has 0 aromatic carbocycles. The summed E-state index contributed by atoms with van der Waals surface area (Å²) in [5, 5.41) is 19.5. The molecule has 1 heterocycles. The van der Waals surface area contributed by atoms with E-state index in [-0.39, 0.29) is 6.10 Å². The van der Waals surface area contributed by atoms with Crippen LogP contribution in [0, 0.1) is 5.92 Å². The summed E-state index contributed by atoms with van der Waals surface area (Å²) >= 11 is 0. The number of nitrogens with zero attached hydrogens (tertiary/aromatic N) is 1. The third-order valence-corrected chi connectivity index (χ3v) is 3.68. The van der Waals surface area contributed by atoms with Gasteiger partial charge in [-0.05, 0) is 25.2 Å². The van der Waals surface area contributed by atoms with Crippen LogP contribution >= 0.6 is 0 Å². The van der Waals surface area contributed by atoms with Crippen molar-refractivity contribution in [2.45, 2.75) is 44.3 Å². The lowest BCUT2D eigenvalue weighted by atomic mass is 9.69. The molecular formula is C11H21NO2. The Morgan fingerprint density at radius 3 is 2.64 bits per heavy atom. The quantitative estimate of drug-likeness (QED) is 0.699. The van der Waals surface area contributed by atoms with Crippen molar-refractivity contribution in [3.05, 3.63) is 0 Å². The van der Waals surface area contributed by atoms with Crippen LogP contribution in [0.15, 0.2) is 0 Å². The fourth-order valence-electron chi connectivity index (χ4n) is 2.80. The fraction of sp³-hybridized carbons (Fsp3) is 1.00. The molecule has 1 aliphatic carbocycles. The Morgan fingerprint density at radius 2 is 2.14 bits per heavy atom. The molecule has 0 spiro atoms. The Morgan fingerprint density at radius 1 is 1.43 bits per heavy atom. The first kappa shape index (κ1) is 10.4. The van der Waals surface area contributed by atoms with Gasteiger partial charge < -0.3 is 10.2 Å². The molecule has 14 heavy (non-hydrogen) atoms. The van der Waals surface area contributed by atoms with Crippen molar-refractivity contribution in [3.63, 3.8) is 0 Å². The topological polar surface area (TPSA) is 43.7 Å². The molecule has 2 aliphatic rings. The molecule has 3 nitrogen and oxygen atoms in total. The van der Waals surface area contributed by atoms with Crippen molar-refractivity contribution in [1.82, 2.24) is 4.90 Å². The minimum Gasteiger partial charge on any atom is -0.392 e. The van der Waals surface area contributed by atoms with Gasteiger partial charge in [-0.25, -0.2) is 0 Å². The highest BCUT2D eigenvalue weighted by molar-refractivity contribution is 4.96. The number of β-amino-alcohol motifs (C(OH)–C–C–N with tert-alkyl or cyclic N) is 2. The van der Waals surface area contributed by atoms with Crippen LogP contribution in [0.4, 0.5) is 0 Å². The lowest BCUT2D eigenvalue weighted by molar-refractivity contribution is -0.0919. The molecule has 0 radical (unpaired) electrons. The van der Waals surface area contributed by atoms with Crippen LogP contribution in [0.1, 0.15) is 32.6 Å². The van der Waals surface area contributed by atoms with E-state index in [0.29, 0.717) is 0 Å². The second-order valence-electron chi connectivity index (χ2n) is 5.08. The van der Waals surface area contributed by atoms with Gasteiger partial charge in [-0.3, -0.25) is 4.90 Å². The zero-order valence-electron chi connectivity index (χ0n) is 8.95. The number of hydrogen-bond acceptors (Lipinski definition) is 3. The number of likely N-dealkylation sites (tertiary alicyclic amines) is 1. The molecule has 0 unspecified atom stereocenters. The largest absolute Gasteiger partial charge is 0.392 e. The number of aliphatic hydroxyl groups is 2. The fourth-order valence-corrected chi connectivity index (χ4v) is 2.80. The average Bonchev–Trinajstić information content (AvgIpc) is 2.46. The van der Waals surface area contributed by atoms with Crippen molar-refractivity contribution in [2.24, 2.45) is 5.92 Å². The Labute approximate surface area is 85.7 Å². The summed E-state index contributed by atoms with van der Waals surface area (Å²) < 4.78 is 0. The molecular weight excluding hydrogens is 178 g/mol. The summed E-state index contributed by atoms with van der Waals surface area (Å²) in [5.74, 6) is 0.729. The highest BCUT2D eigenvalue weighted by atomic mass is 16.3. The van der Waals surface area contributed by atoms with Crippen LogP contribution in [-0.2, 0) is 0 Å². The Hall–Kier alpha value is -0.120. The molecule has 1 saturated carbocycles. The Kier molecular flexibility index (Phi) is 2.82. The van der Waals surface area contributed by atoms with Crippen molar-refractivity contribution >= 4 is 0 Å². The van der Waals surface area contributed by atoms with Gasteiger partial charge in [-0.15, -0.1) is 0 Å². The first-order valence-corrected chi connectivity index (χ1v) is 5.74. The predicted octanol–water partition coefficient (Wildman–Crippen LogP) is 0.604. The van der Waals surface area contributed by atoms with Crippen LogP contribution in [-0.4, -0.2) is 46.5 Å². The predicted molar refractivity (Wildman–Crippen MR) is 55.0 cm³/mol. The monoisotopic (exact) mass is 199 g/mol. The van der Waals surface area contributed by atoms with E-state index in [1.165, 1.54) is 6.42 Å². The zero-order valence-corrected chi connectivity index (χ0v) is 8.95. The molecule has 1 atom stereocenters. The number of aliphatic hydroxyl groups excluding tert-OH is 1. The lowest BCUT2D eigenvalue weighted by Gasteiger charge is -2.45. The molecule has 0 bridgehead atoms. The van der Waals surface area contributed by atoms with E-state index >= 15 is 0 Å². The standard InChI is InChI=1S/C11H21NO2/c1-2-9-5-11(14,6-9)8-12-4-3-10(13)7-12/h9-10,13-14H,2-8H2,1H3/t9?,10-,11?/m0/s1. The minimum absolute atomic E-state index is 0.166. The summed E-state index contributed by atoms with van der Waals surface area (Å²) in [7, 11) is 0. The Bertz CT molecular complexity index is 201. The Balaban J connectivity index is 1.76. The van der Waals surface area contributed by atoms with Crippen LogP contribution in [0.2, 0.25) is 0 Å². The molecule has 2 fully saturated rings. The third-order valence-electron chi connectivity index (χ3n) is 3.68. The maximum atomic E-state index is 10.1. The number of hydrogen-bond donors (Lipinski definition) is 2. The van der Waals surface area contributed by atoms with E-state index in [0.717, 1.165) is 44.8 Å². The molecule has 0 aromatic rings. The molecule has 0 amide bonds. The zero-order chi connectivity index (χ0) is 10.2. The van der Waals surface area contributed by atoms with E-state index in [2.05, 4.69) is 11.8 Å². The first-order valence-electron chi connectivity index (χ1n) is 5.74. The normalized spacial score (nSPS) is 43.9. The van der Waals surface area contributed by atoms with Gasteiger partial charge in [0.2, 0.25) is 0 Å². The number of rotatable bonds is 3. The van der Waals surface area contributed by atoms with Crippen molar-refractivity contribution in [2.75, 3.05) is 19.6 Å². The van der Waals surface area contributed by atoms with Gasteiger partial charge in [0, 0.05) is 19.6 Å². The molecule has 3 heteroatoms. The van der Waals surface area contributed by atoms with E-state index in [1.54, 1.807) is 0 Å². The summed E-state index contributed by atoms with van der Waals surface area (Å²) in [6, 6.07) is 0. The first-order chi connectivity index (χ1) is 6.61. The SMILES string of the molecule is CCC1CC(O)(CN2CC[C@H](O)C2)C1. The average molecular weight is 199 g/mol. The maximum Gasteiger partial charge on any atom is 0.0779 e. The smallest absolute Gasteiger partial charge is 0.0779 e. The van der Waals surface area contributed by atoms with Gasteiger partial charge in [0.25, 0.3) is 0 Å². The van der Waals surface area contributed by atoms with Gasteiger partial charge in [-0.1, -0.05) is 13.3 Å². The second kappa shape index (κ2) is 3.80. The van der Waals surface area contributed by atoms with Gasteiger partial charge in [0.05, 0.1) is 11.7 Å². The molecule has 82 valence electrons. The van der Waals surface area contributed by atoms with Crippen LogP contribution in [0.25, 0.3) is 0 Å². The maximum absolute atomic E-state index is 10.1. The van der Waals surface area contributed by atoms with Crippen LogP contribution in [0.5, 0.6) is 0 Å². The van der Waals surface area contributed by atoms with Crippen molar-refractivity contribution in [1.29, 1.82) is 0 Å². The van der Waals surface area contributed by atoms with Crippen LogP contribution < -0.4 is 0 Å². The molecule has 2 N–H and O–H groups in total. The molecule has 0 aromatic heterocycles. The second-order valence-corrected chi connectivity index (χ2v) is 5.08. The molecule has 1 saturated heterocycles. The van der Waals surface area contributed by atoms with E-state index < -0.39 is 5.60 Å². The van der Waals surface area contributed by atoms with E-state index in [1.807, 2.05) is 0 Å². The summed E-state index contributed by atoms with van der Waals surface area (Å²) in [5.41, 5.74) is -0.440. The van der Waals surface area contributed by atoms with Gasteiger partial charge >= 0.3 is 0 Å². The summed E-state index contributed by atoms with van der Waals surface area (Å²) in [6.07, 6.45) is 3.80. The third kappa shape index (κ3) is 2.10. The van der Waals surface area contributed by atoms with Crippen molar-refractivity contribution < 1.29 is 10.2 Å². The molecule has 2 rings (SSSR count). The minimum atomic E-state index is -0.440. The summed E-state index contributed by atoms with van der Waals surface area (Å²) in [6.45, 7) is 4.64. The van der Waals surface area contributed by atoms with Crippen LogP contribution in [0.3, 0.4) is 0 Å². The van der Waals surface area contributed by atoms with Gasteiger partial charge in [0.15, 0.2) is 0 Å². The molecule has 1 aliphatic heterocycles.